The van der Waals surface area contributed by atoms with Crippen LogP contribution in [0.1, 0.15) is 39.5 Å². The van der Waals surface area contributed by atoms with Crippen molar-refractivity contribution >= 4 is 17.7 Å². The van der Waals surface area contributed by atoms with E-state index in [1.807, 2.05) is 0 Å². The Balaban J connectivity index is 0.000000202. The van der Waals surface area contributed by atoms with Gasteiger partial charge in [-0.1, -0.05) is 20.3 Å². The molecular formula is C9H17O2S-. The van der Waals surface area contributed by atoms with Crippen LogP contribution in [0.3, 0.4) is 0 Å². The molecule has 0 spiro atoms. The number of carboxylic acid groups (broad SMARTS) is 1. The molecule has 72 valence electrons. The van der Waals surface area contributed by atoms with E-state index in [-0.39, 0.29) is 6.42 Å². The summed E-state index contributed by atoms with van der Waals surface area (Å²) in [5.74, 6) is 0.443. The largest absolute Gasteiger partial charge is 0.550 e. The van der Waals surface area contributed by atoms with Gasteiger partial charge >= 0.3 is 0 Å². The van der Waals surface area contributed by atoms with Crippen LogP contribution in [-0.2, 0) is 4.79 Å². The fraction of sp³-hybridized carbons (Fsp3) is 0.889. The van der Waals surface area contributed by atoms with Gasteiger partial charge in [-0.3, -0.25) is 0 Å². The lowest BCUT2D eigenvalue weighted by atomic mass is 10.3. The van der Waals surface area contributed by atoms with Gasteiger partial charge in [-0.25, -0.2) is 0 Å². The van der Waals surface area contributed by atoms with Gasteiger partial charge in [0.05, 0.1) is 0 Å². The number of rotatable bonds is 2. The van der Waals surface area contributed by atoms with Gasteiger partial charge in [0.15, 0.2) is 0 Å². The van der Waals surface area contributed by atoms with Gasteiger partial charge in [0, 0.05) is 11.2 Å². The zero-order valence-corrected chi connectivity index (χ0v) is 8.65. The van der Waals surface area contributed by atoms with Crippen molar-refractivity contribution in [3.05, 3.63) is 0 Å². The average molecular weight is 189 g/mol. The summed E-state index contributed by atoms with van der Waals surface area (Å²) in [4.78, 5) is 9.49. The summed E-state index contributed by atoms with van der Waals surface area (Å²) in [5, 5.41) is 10.5. The van der Waals surface area contributed by atoms with Crippen molar-refractivity contribution in [2.45, 2.75) is 44.8 Å². The summed E-state index contributed by atoms with van der Waals surface area (Å²) in [6.45, 7) is 4.10. The van der Waals surface area contributed by atoms with Crippen LogP contribution in [0.15, 0.2) is 0 Å². The number of thioether (sulfide) groups is 1. The normalized spacial score (nSPS) is 21.3. The Bertz CT molecular complexity index is 120. The van der Waals surface area contributed by atoms with Crippen LogP contribution in [0.4, 0.5) is 0 Å². The Labute approximate surface area is 78.7 Å². The second-order valence-electron chi connectivity index (χ2n) is 2.95. The first-order valence-corrected chi connectivity index (χ1v) is 5.53. The van der Waals surface area contributed by atoms with Gasteiger partial charge in [0.25, 0.3) is 0 Å². The predicted octanol–water partition coefficient (Wildman–Crippen LogP) is 1.44. The highest BCUT2D eigenvalue weighted by molar-refractivity contribution is 8.00. The van der Waals surface area contributed by atoms with Crippen LogP contribution >= 0.6 is 11.8 Å². The number of carbonyl (C=O) groups excluding carboxylic acids is 1. The smallest absolute Gasteiger partial charge is 0.0414 e. The van der Waals surface area contributed by atoms with Crippen LogP contribution in [0.5, 0.6) is 0 Å². The highest BCUT2D eigenvalue weighted by Crippen LogP contribution is 2.24. The third kappa shape index (κ3) is 7.92. The summed E-state index contributed by atoms with van der Waals surface area (Å²) in [5.41, 5.74) is 0. The molecule has 12 heavy (non-hydrogen) atoms. The van der Waals surface area contributed by atoms with Crippen LogP contribution in [0.2, 0.25) is 0 Å². The van der Waals surface area contributed by atoms with Crippen molar-refractivity contribution in [3.8, 4) is 0 Å². The maximum atomic E-state index is 9.49. The van der Waals surface area contributed by atoms with Gasteiger partial charge in [-0.15, -0.1) is 0 Å². The van der Waals surface area contributed by atoms with Crippen LogP contribution in [-0.4, -0.2) is 17.0 Å². The predicted molar refractivity (Wildman–Crippen MR) is 51.1 cm³/mol. The number of carboxylic acids is 1. The van der Waals surface area contributed by atoms with E-state index in [0.717, 1.165) is 5.25 Å². The number of aliphatic carboxylic acids is 1. The highest BCUT2D eigenvalue weighted by Gasteiger charge is 2.07. The SMILES string of the molecule is CC1CCCS1.CCCC(=O)[O-]. The Hall–Kier alpha value is -0.180. The highest BCUT2D eigenvalue weighted by atomic mass is 32.2. The van der Waals surface area contributed by atoms with E-state index in [9.17, 15) is 9.90 Å². The molecule has 2 nitrogen and oxygen atoms in total. The Kier molecular flexibility index (Phi) is 7.36. The van der Waals surface area contributed by atoms with Gasteiger partial charge in [0.2, 0.25) is 0 Å². The van der Waals surface area contributed by atoms with E-state index in [1.54, 1.807) is 6.92 Å². The molecule has 1 aliphatic rings. The lowest BCUT2D eigenvalue weighted by Gasteiger charge is -1.92. The van der Waals surface area contributed by atoms with Gasteiger partial charge in [-0.2, -0.15) is 11.8 Å². The molecule has 0 aromatic rings. The average Bonchev–Trinajstić information content (AvgIpc) is 2.40. The number of hydrogen-bond donors (Lipinski definition) is 0. The summed E-state index contributed by atoms with van der Waals surface area (Å²) < 4.78 is 0. The van der Waals surface area contributed by atoms with Crippen molar-refractivity contribution in [1.82, 2.24) is 0 Å². The van der Waals surface area contributed by atoms with E-state index >= 15 is 0 Å². The first kappa shape index (κ1) is 11.8. The summed E-state index contributed by atoms with van der Waals surface area (Å²) in [6, 6.07) is 0. The Morgan fingerprint density at radius 2 is 2.33 bits per heavy atom. The van der Waals surface area contributed by atoms with E-state index in [0.29, 0.717) is 6.42 Å². The van der Waals surface area contributed by atoms with Gasteiger partial charge < -0.3 is 9.90 Å². The maximum Gasteiger partial charge on any atom is 0.0414 e. The van der Waals surface area contributed by atoms with Crippen LogP contribution < -0.4 is 5.11 Å². The minimum atomic E-state index is -0.961. The summed E-state index contributed by atoms with van der Waals surface area (Å²) in [7, 11) is 0. The standard InChI is InChI=1S/C5H10S.C4H8O2/c1-5-3-2-4-6-5;1-2-3-4(5)6/h5H,2-4H2,1H3;2-3H2,1H3,(H,5,6)/p-1. The van der Waals surface area contributed by atoms with Crippen LogP contribution in [0.25, 0.3) is 0 Å². The number of carbonyl (C=O) groups is 1. The molecule has 3 heteroatoms. The molecule has 0 aromatic heterocycles. The molecule has 1 atom stereocenters. The molecule has 0 saturated carbocycles. The van der Waals surface area contributed by atoms with Crippen molar-refractivity contribution in [1.29, 1.82) is 0 Å². The molecule has 1 saturated heterocycles. The molecule has 1 heterocycles. The molecule has 0 bridgehead atoms. The fourth-order valence-electron chi connectivity index (χ4n) is 0.943. The summed E-state index contributed by atoms with van der Waals surface area (Å²) >= 11 is 2.10. The number of hydrogen-bond acceptors (Lipinski definition) is 3. The lowest BCUT2D eigenvalue weighted by molar-refractivity contribution is -0.305. The molecular weight excluding hydrogens is 172 g/mol. The van der Waals surface area contributed by atoms with E-state index in [2.05, 4.69) is 18.7 Å². The van der Waals surface area contributed by atoms with Gasteiger partial charge in [-0.05, 0) is 25.0 Å². The third-order valence-corrected chi connectivity index (χ3v) is 2.94. The van der Waals surface area contributed by atoms with E-state index < -0.39 is 5.97 Å². The van der Waals surface area contributed by atoms with Gasteiger partial charge in [0.1, 0.15) is 0 Å². The first-order valence-electron chi connectivity index (χ1n) is 4.48. The van der Waals surface area contributed by atoms with Crippen molar-refractivity contribution in [2.24, 2.45) is 0 Å². The second-order valence-corrected chi connectivity index (χ2v) is 4.49. The lowest BCUT2D eigenvalue weighted by Crippen LogP contribution is -2.20. The molecule has 0 N–H and O–H groups in total. The second kappa shape index (κ2) is 7.47. The minimum Gasteiger partial charge on any atom is -0.550 e. The van der Waals surface area contributed by atoms with E-state index in [1.165, 1.54) is 18.6 Å². The maximum absolute atomic E-state index is 9.49. The quantitative estimate of drug-likeness (QED) is 0.660. The molecule has 1 unspecified atom stereocenters. The third-order valence-electron chi connectivity index (χ3n) is 1.61. The van der Waals surface area contributed by atoms with Crippen molar-refractivity contribution in [3.63, 3.8) is 0 Å². The van der Waals surface area contributed by atoms with E-state index in [4.69, 9.17) is 0 Å². The molecule has 0 amide bonds. The zero-order valence-electron chi connectivity index (χ0n) is 7.84. The monoisotopic (exact) mass is 189 g/mol. The molecule has 1 aliphatic heterocycles. The topological polar surface area (TPSA) is 40.1 Å². The molecule has 1 rings (SSSR count). The first-order chi connectivity index (χ1) is 5.66. The summed E-state index contributed by atoms with van der Waals surface area (Å²) in [6.07, 6.45) is 3.75. The van der Waals surface area contributed by atoms with Crippen molar-refractivity contribution in [2.75, 3.05) is 5.75 Å². The Morgan fingerprint density at radius 1 is 1.67 bits per heavy atom. The zero-order chi connectivity index (χ0) is 9.40. The van der Waals surface area contributed by atoms with Crippen molar-refractivity contribution < 1.29 is 9.90 Å². The molecule has 0 radical (unpaired) electrons. The molecule has 0 aromatic carbocycles. The molecule has 0 aliphatic carbocycles. The molecule has 1 fully saturated rings. The van der Waals surface area contributed by atoms with Crippen LogP contribution in [0, 0.1) is 0 Å². The fourth-order valence-corrected chi connectivity index (χ4v) is 2.01. The minimum absolute atomic E-state index is 0.181. The Morgan fingerprint density at radius 3 is 2.42 bits per heavy atom.